The summed E-state index contributed by atoms with van der Waals surface area (Å²) in [6, 6.07) is 7.12. The number of aryl methyl sites for hydroxylation is 1. The van der Waals surface area contributed by atoms with Crippen LogP contribution in [0.2, 0.25) is 0 Å². The van der Waals surface area contributed by atoms with Crippen LogP contribution in [0, 0.1) is 11.6 Å². The van der Waals surface area contributed by atoms with Crippen molar-refractivity contribution in [1.29, 1.82) is 0 Å². The quantitative estimate of drug-likeness (QED) is 0.723. The van der Waals surface area contributed by atoms with Crippen LogP contribution in [0.1, 0.15) is 28.5 Å². The van der Waals surface area contributed by atoms with E-state index < -0.39 is 11.6 Å². The van der Waals surface area contributed by atoms with Gasteiger partial charge in [-0.15, -0.1) is 0 Å². The number of furan rings is 1. The van der Waals surface area contributed by atoms with Crippen molar-refractivity contribution in [3.63, 3.8) is 0 Å². The van der Waals surface area contributed by atoms with Crippen LogP contribution in [-0.2, 0) is 7.05 Å². The van der Waals surface area contributed by atoms with Crippen molar-refractivity contribution in [2.45, 2.75) is 18.4 Å². The molecule has 4 rings (SSSR count). The molecule has 1 aliphatic heterocycles. The summed E-state index contributed by atoms with van der Waals surface area (Å²) in [5.74, 6) is -2.04. The summed E-state index contributed by atoms with van der Waals surface area (Å²) < 4.78 is 34.1. The molecular formula is C20H20F2N4O2. The average Bonchev–Trinajstić information content (AvgIpc) is 3.33. The van der Waals surface area contributed by atoms with Gasteiger partial charge in [-0.1, -0.05) is 6.07 Å². The van der Waals surface area contributed by atoms with Crippen molar-refractivity contribution in [2.75, 3.05) is 13.1 Å². The summed E-state index contributed by atoms with van der Waals surface area (Å²) in [6.07, 6.45) is 3.88. The van der Waals surface area contributed by atoms with Gasteiger partial charge in [0.05, 0.1) is 5.69 Å². The third-order valence-corrected chi connectivity index (χ3v) is 5.11. The smallest absolute Gasteiger partial charge is 0.287 e. The lowest BCUT2D eigenvalue weighted by molar-refractivity contribution is 0.0896. The molecule has 0 saturated carbocycles. The molecule has 0 spiro atoms. The number of rotatable bonds is 4. The molecule has 1 saturated heterocycles. The highest BCUT2D eigenvalue weighted by Gasteiger charge is 2.29. The molecule has 1 amide bonds. The van der Waals surface area contributed by atoms with Crippen LogP contribution in [-0.4, -0.2) is 34.8 Å². The maximum Gasteiger partial charge on any atom is 0.287 e. The summed E-state index contributed by atoms with van der Waals surface area (Å²) in [7, 11) is 1.81. The number of nitrogens with one attached hydrogen (secondary N) is 2. The van der Waals surface area contributed by atoms with Crippen LogP contribution in [0.15, 0.2) is 47.2 Å². The Bertz CT molecular complexity index is 998. The molecule has 28 heavy (non-hydrogen) atoms. The van der Waals surface area contributed by atoms with Gasteiger partial charge in [0.1, 0.15) is 6.26 Å². The Labute approximate surface area is 160 Å². The highest BCUT2D eigenvalue weighted by molar-refractivity contribution is 5.93. The van der Waals surface area contributed by atoms with E-state index in [1.165, 1.54) is 12.3 Å². The topological polar surface area (TPSA) is 72.1 Å². The first kappa shape index (κ1) is 18.4. The van der Waals surface area contributed by atoms with Crippen LogP contribution in [0.25, 0.3) is 11.3 Å². The molecule has 0 aliphatic carbocycles. The van der Waals surface area contributed by atoms with Crippen LogP contribution >= 0.6 is 0 Å². The van der Waals surface area contributed by atoms with Gasteiger partial charge >= 0.3 is 0 Å². The molecule has 1 aliphatic rings. The first-order valence-corrected chi connectivity index (χ1v) is 9.06. The lowest BCUT2D eigenvalue weighted by Crippen LogP contribution is -2.50. The van der Waals surface area contributed by atoms with Gasteiger partial charge in [-0.3, -0.25) is 9.48 Å². The number of carbonyl (C=O) groups excluding carboxylic acids is 1. The Kier molecular flexibility index (Phi) is 4.95. The molecule has 0 bridgehead atoms. The Morgan fingerprint density at radius 2 is 2.14 bits per heavy atom. The molecule has 2 atom stereocenters. The van der Waals surface area contributed by atoms with E-state index in [0.717, 1.165) is 23.9 Å². The number of hydrogen-bond donors (Lipinski definition) is 2. The van der Waals surface area contributed by atoms with Gasteiger partial charge in [0.15, 0.2) is 17.4 Å². The molecule has 1 aromatic carbocycles. The second-order valence-corrected chi connectivity index (χ2v) is 6.89. The van der Waals surface area contributed by atoms with Gasteiger partial charge in [0.25, 0.3) is 5.91 Å². The van der Waals surface area contributed by atoms with Crippen LogP contribution in [0.4, 0.5) is 8.78 Å². The SMILES string of the molecule is Cn1nccc1-c1coc(C(=O)N[C@H]2CNCC[C@@H]2c2ccc(F)c(F)c2)c1. The number of nitrogens with zero attached hydrogens (tertiary/aromatic N) is 2. The van der Waals surface area contributed by atoms with Crippen molar-refractivity contribution < 1.29 is 18.0 Å². The minimum atomic E-state index is -0.882. The summed E-state index contributed by atoms with van der Waals surface area (Å²) in [6.45, 7) is 1.27. The standard InChI is InChI=1S/C20H20F2N4O2/c1-26-18(5-7-24-26)13-9-19(28-11-13)20(27)25-17-10-23-6-4-14(17)12-2-3-15(21)16(22)8-12/h2-3,5,7-9,11,14,17,23H,4,6,10H2,1H3,(H,25,27)/t14-,17+/m1/s1. The average molecular weight is 386 g/mol. The Morgan fingerprint density at radius 1 is 1.29 bits per heavy atom. The second kappa shape index (κ2) is 7.55. The first-order chi connectivity index (χ1) is 13.5. The zero-order valence-electron chi connectivity index (χ0n) is 15.3. The van der Waals surface area contributed by atoms with Crippen molar-refractivity contribution >= 4 is 5.91 Å². The van der Waals surface area contributed by atoms with Gasteiger partial charge in [-0.25, -0.2) is 8.78 Å². The fourth-order valence-electron chi connectivity index (χ4n) is 3.64. The largest absolute Gasteiger partial charge is 0.458 e. The van der Waals surface area contributed by atoms with Crippen molar-refractivity contribution in [1.82, 2.24) is 20.4 Å². The number of halogens is 2. The highest BCUT2D eigenvalue weighted by atomic mass is 19.2. The van der Waals surface area contributed by atoms with E-state index in [2.05, 4.69) is 15.7 Å². The van der Waals surface area contributed by atoms with E-state index >= 15 is 0 Å². The predicted molar refractivity (Wildman–Crippen MR) is 98.7 cm³/mol. The predicted octanol–water partition coefficient (Wildman–Crippen LogP) is 2.83. The number of benzene rings is 1. The number of amides is 1. The second-order valence-electron chi connectivity index (χ2n) is 6.89. The van der Waals surface area contributed by atoms with Gasteiger partial charge in [0, 0.05) is 37.3 Å². The molecule has 6 nitrogen and oxygen atoms in total. The van der Waals surface area contributed by atoms with Crippen molar-refractivity contribution in [3.8, 4) is 11.3 Å². The maximum absolute atomic E-state index is 13.7. The molecule has 0 unspecified atom stereocenters. The lowest BCUT2D eigenvalue weighted by Gasteiger charge is -2.33. The minimum absolute atomic E-state index is 0.119. The Balaban J connectivity index is 1.51. The first-order valence-electron chi connectivity index (χ1n) is 9.06. The molecule has 146 valence electrons. The highest BCUT2D eigenvalue weighted by Crippen LogP contribution is 2.28. The number of piperidine rings is 1. The third kappa shape index (κ3) is 3.55. The summed E-state index contributed by atoms with van der Waals surface area (Å²) >= 11 is 0. The molecule has 2 N–H and O–H groups in total. The van der Waals surface area contributed by atoms with E-state index in [0.29, 0.717) is 18.5 Å². The number of aromatic nitrogens is 2. The van der Waals surface area contributed by atoms with E-state index in [4.69, 9.17) is 4.42 Å². The van der Waals surface area contributed by atoms with Crippen LogP contribution in [0.5, 0.6) is 0 Å². The molecule has 3 aromatic rings. The van der Waals surface area contributed by atoms with E-state index in [1.54, 1.807) is 23.0 Å². The molecule has 3 heterocycles. The molecule has 8 heteroatoms. The molecule has 0 radical (unpaired) electrons. The van der Waals surface area contributed by atoms with Gasteiger partial charge < -0.3 is 15.1 Å². The third-order valence-electron chi connectivity index (χ3n) is 5.11. The lowest BCUT2D eigenvalue weighted by atomic mass is 9.86. The molecular weight excluding hydrogens is 366 g/mol. The molecule has 2 aromatic heterocycles. The van der Waals surface area contributed by atoms with Crippen molar-refractivity contribution in [3.05, 3.63) is 65.7 Å². The minimum Gasteiger partial charge on any atom is -0.458 e. The zero-order chi connectivity index (χ0) is 19.7. The van der Waals surface area contributed by atoms with Crippen LogP contribution < -0.4 is 10.6 Å². The monoisotopic (exact) mass is 386 g/mol. The van der Waals surface area contributed by atoms with E-state index in [1.807, 2.05) is 13.1 Å². The fraction of sp³-hybridized carbons (Fsp3) is 0.300. The van der Waals surface area contributed by atoms with E-state index in [-0.39, 0.29) is 23.6 Å². The maximum atomic E-state index is 13.7. The summed E-state index contributed by atoms with van der Waals surface area (Å²) in [5.41, 5.74) is 2.26. The Morgan fingerprint density at radius 3 is 2.89 bits per heavy atom. The van der Waals surface area contributed by atoms with Crippen molar-refractivity contribution in [2.24, 2.45) is 7.05 Å². The summed E-state index contributed by atoms with van der Waals surface area (Å²) in [5, 5.41) is 10.3. The fourth-order valence-corrected chi connectivity index (χ4v) is 3.64. The van der Waals surface area contributed by atoms with Gasteiger partial charge in [-0.2, -0.15) is 5.10 Å². The Hall–Kier alpha value is -3.00. The zero-order valence-corrected chi connectivity index (χ0v) is 15.3. The summed E-state index contributed by atoms with van der Waals surface area (Å²) in [4.78, 5) is 12.7. The van der Waals surface area contributed by atoms with Gasteiger partial charge in [-0.05, 0) is 42.8 Å². The number of carbonyl (C=O) groups is 1. The van der Waals surface area contributed by atoms with Crippen LogP contribution in [0.3, 0.4) is 0 Å². The number of hydrogen-bond acceptors (Lipinski definition) is 4. The molecule has 1 fully saturated rings. The van der Waals surface area contributed by atoms with E-state index in [9.17, 15) is 13.6 Å². The van der Waals surface area contributed by atoms with Gasteiger partial charge in [0.2, 0.25) is 0 Å². The normalized spacial score (nSPS) is 19.5.